The molecule has 7 heteroatoms. The number of ether oxygens (including phenoxy) is 1. The molecule has 0 radical (unpaired) electrons. The molecule has 21 heavy (non-hydrogen) atoms. The van der Waals surface area contributed by atoms with Gasteiger partial charge in [-0.3, -0.25) is 0 Å². The zero-order chi connectivity index (χ0) is 15.1. The van der Waals surface area contributed by atoms with Crippen LogP contribution in [0.3, 0.4) is 0 Å². The molecular weight excluding hydrogens is 268 g/mol. The Kier molecular flexibility index (Phi) is 5.98. The predicted octanol–water partition coefficient (Wildman–Crippen LogP) is 1.60. The normalized spacial score (nSPS) is 15.3. The average molecular weight is 294 g/mol. The first-order valence-electron chi connectivity index (χ1n) is 7.69. The van der Waals surface area contributed by atoms with E-state index in [1.165, 1.54) is 6.42 Å². The number of anilines is 3. The van der Waals surface area contributed by atoms with E-state index in [2.05, 4.69) is 44.3 Å². The van der Waals surface area contributed by atoms with Gasteiger partial charge in [-0.1, -0.05) is 13.8 Å². The van der Waals surface area contributed by atoms with Gasteiger partial charge in [0.05, 0.1) is 13.2 Å². The Morgan fingerprint density at radius 3 is 2.52 bits per heavy atom. The van der Waals surface area contributed by atoms with Crippen molar-refractivity contribution in [1.29, 1.82) is 0 Å². The van der Waals surface area contributed by atoms with Crippen molar-refractivity contribution in [1.82, 2.24) is 15.0 Å². The number of hydrogen-bond acceptors (Lipinski definition) is 7. The molecule has 1 aliphatic heterocycles. The minimum atomic E-state index is 0.595. The maximum absolute atomic E-state index is 5.37. The first kappa shape index (κ1) is 15.8. The third-order valence-corrected chi connectivity index (χ3v) is 3.38. The SMILES string of the molecule is CNc1nc(NCCCC(C)C)nc(N2CCOCC2)n1. The molecule has 2 heterocycles. The van der Waals surface area contributed by atoms with Crippen LogP contribution in [0.5, 0.6) is 0 Å². The van der Waals surface area contributed by atoms with E-state index in [1.807, 2.05) is 7.05 Å². The van der Waals surface area contributed by atoms with E-state index >= 15 is 0 Å². The second-order valence-corrected chi connectivity index (χ2v) is 5.59. The summed E-state index contributed by atoms with van der Waals surface area (Å²) in [6.07, 6.45) is 2.32. The Morgan fingerprint density at radius 2 is 1.86 bits per heavy atom. The lowest BCUT2D eigenvalue weighted by atomic mass is 10.1. The van der Waals surface area contributed by atoms with Crippen LogP contribution in [0, 0.1) is 5.92 Å². The van der Waals surface area contributed by atoms with Gasteiger partial charge in [-0.25, -0.2) is 0 Å². The number of nitrogens with one attached hydrogen (secondary N) is 2. The standard InChI is InChI=1S/C14H26N6O/c1-11(2)5-4-6-16-13-17-12(15-3)18-14(19-13)20-7-9-21-10-8-20/h11H,4-10H2,1-3H3,(H2,15,16,17,18,19). The molecule has 0 unspecified atom stereocenters. The maximum Gasteiger partial charge on any atom is 0.232 e. The van der Waals surface area contributed by atoms with Gasteiger partial charge in [0.15, 0.2) is 0 Å². The smallest absolute Gasteiger partial charge is 0.232 e. The van der Waals surface area contributed by atoms with Crippen molar-refractivity contribution in [3.05, 3.63) is 0 Å². The van der Waals surface area contributed by atoms with Crippen molar-refractivity contribution in [2.75, 3.05) is 55.4 Å². The quantitative estimate of drug-likeness (QED) is 0.740. The number of hydrogen-bond donors (Lipinski definition) is 2. The summed E-state index contributed by atoms with van der Waals surface area (Å²) in [6.45, 7) is 8.43. The lowest BCUT2D eigenvalue weighted by molar-refractivity contribution is 0.122. The van der Waals surface area contributed by atoms with Crippen molar-refractivity contribution >= 4 is 17.8 Å². The molecule has 0 aromatic carbocycles. The highest BCUT2D eigenvalue weighted by atomic mass is 16.5. The third kappa shape index (κ3) is 5.00. The lowest BCUT2D eigenvalue weighted by Crippen LogP contribution is -2.37. The molecule has 0 atom stereocenters. The Hall–Kier alpha value is -1.63. The highest BCUT2D eigenvalue weighted by molar-refractivity contribution is 5.43. The molecular formula is C14H26N6O. The van der Waals surface area contributed by atoms with Crippen molar-refractivity contribution < 1.29 is 4.74 Å². The fraction of sp³-hybridized carbons (Fsp3) is 0.786. The molecule has 0 bridgehead atoms. The summed E-state index contributed by atoms with van der Waals surface area (Å²) in [4.78, 5) is 15.4. The Labute approximate surface area is 126 Å². The van der Waals surface area contributed by atoms with Gasteiger partial charge in [-0.15, -0.1) is 0 Å². The third-order valence-electron chi connectivity index (χ3n) is 3.38. The number of aromatic nitrogens is 3. The second kappa shape index (κ2) is 7.97. The number of rotatable bonds is 7. The highest BCUT2D eigenvalue weighted by Gasteiger charge is 2.16. The van der Waals surface area contributed by atoms with Crippen LogP contribution in [0.25, 0.3) is 0 Å². The van der Waals surface area contributed by atoms with E-state index in [4.69, 9.17) is 4.74 Å². The fourth-order valence-electron chi connectivity index (χ4n) is 2.17. The van der Waals surface area contributed by atoms with Crippen LogP contribution in [0.15, 0.2) is 0 Å². The minimum Gasteiger partial charge on any atom is -0.378 e. The minimum absolute atomic E-state index is 0.595. The molecule has 0 spiro atoms. The first-order valence-corrected chi connectivity index (χ1v) is 7.69. The summed E-state index contributed by atoms with van der Waals surface area (Å²) in [5.41, 5.74) is 0. The topological polar surface area (TPSA) is 75.2 Å². The molecule has 1 aromatic heterocycles. The molecule has 0 amide bonds. The van der Waals surface area contributed by atoms with Gasteiger partial charge in [-0.05, 0) is 18.8 Å². The van der Waals surface area contributed by atoms with Crippen molar-refractivity contribution in [3.8, 4) is 0 Å². The summed E-state index contributed by atoms with van der Waals surface area (Å²) < 4.78 is 5.37. The van der Waals surface area contributed by atoms with Gasteiger partial charge in [0.25, 0.3) is 0 Å². The van der Waals surface area contributed by atoms with Crippen molar-refractivity contribution in [2.24, 2.45) is 5.92 Å². The monoisotopic (exact) mass is 294 g/mol. The maximum atomic E-state index is 5.37. The van der Waals surface area contributed by atoms with E-state index in [1.54, 1.807) is 0 Å². The average Bonchev–Trinajstić information content (AvgIpc) is 2.52. The van der Waals surface area contributed by atoms with Crippen LogP contribution < -0.4 is 15.5 Å². The molecule has 118 valence electrons. The Bertz CT molecular complexity index is 433. The van der Waals surface area contributed by atoms with E-state index in [-0.39, 0.29) is 0 Å². The molecule has 0 aliphatic carbocycles. The van der Waals surface area contributed by atoms with Crippen LogP contribution in [-0.2, 0) is 4.74 Å². The van der Waals surface area contributed by atoms with Gasteiger partial charge in [0.1, 0.15) is 0 Å². The van der Waals surface area contributed by atoms with Crippen molar-refractivity contribution in [2.45, 2.75) is 26.7 Å². The summed E-state index contributed by atoms with van der Waals surface area (Å²) in [7, 11) is 1.82. The molecule has 2 rings (SSSR count). The zero-order valence-corrected chi connectivity index (χ0v) is 13.2. The van der Waals surface area contributed by atoms with E-state index in [9.17, 15) is 0 Å². The molecule has 1 fully saturated rings. The fourth-order valence-corrected chi connectivity index (χ4v) is 2.17. The van der Waals surface area contributed by atoms with Gasteiger partial charge in [0, 0.05) is 26.7 Å². The van der Waals surface area contributed by atoms with Gasteiger partial charge < -0.3 is 20.3 Å². The predicted molar refractivity (Wildman–Crippen MR) is 85.0 cm³/mol. The highest BCUT2D eigenvalue weighted by Crippen LogP contribution is 2.15. The van der Waals surface area contributed by atoms with Gasteiger partial charge in [0.2, 0.25) is 17.8 Å². The van der Waals surface area contributed by atoms with E-state index < -0.39 is 0 Å². The summed E-state index contributed by atoms with van der Waals surface area (Å²) in [5.74, 6) is 2.67. The molecule has 2 N–H and O–H groups in total. The van der Waals surface area contributed by atoms with Crippen LogP contribution >= 0.6 is 0 Å². The lowest BCUT2D eigenvalue weighted by Gasteiger charge is -2.27. The molecule has 7 nitrogen and oxygen atoms in total. The molecule has 1 aromatic rings. The van der Waals surface area contributed by atoms with Crippen LogP contribution in [0.2, 0.25) is 0 Å². The summed E-state index contributed by atoms with van der Waals surface area (Å²) >= 11 is 0. The van der Waals surface area contributed by atoms with Gasteiger partial charge >= 0.3 is 0 Å². The Balaban J connectivity index is 1.99. The van der Waals surface area contributed by atoms with Crippen LogP contribution in [0.1, 0.15) is 26.7 Å². The van der Waals surface area contributed by atoms with Crippen LogP contribution in [0.4, 0.5) is 17.8 Å². The van der Waals surface area contributed by atoms with Crippen molar-refractivity contribution in [3.63, 3.8) is 0 Å². The van der Waals surface area contributed by atoms with Gasteiger partial charge in [-0.2, -0.15) is 15.0 Å². The van der Waals surface area contributed by atoms with E-state index in [0.29, 0.717) is 17.8 Å². The molecule has 1 saturated heterocycles. The Morgan fingerprint density at radius 1 is 1.14 bits per heavy atom. The van der Waals surface area contributed by atoms with Crippen LogP contribution in [-0.4, -0.2) is 54.8 Å². The largest absolute Gasteiger partial charge is 0.378 e. The zero-order valence-electron chi connectivity index (χ0n) is 13.2. The first-order chi connectivity index (χ1) is 10.2. The van der Waals surface area contributed by atoms with E-state index in [0.717, 1.165) is 45.2 Å². The number of nitrogens with zero attached hydrogens (tertiary/aromatic N) is 4. The molecule has 1 aliphatic rings. The number of morpholine rings is 1. The summed E-state index contributed by atoms with van der Waals surface area (Å²) in [6, 6.07) is 0. The second-order valence-electron chi connectivity index (χ2n) is 5.59. The summed E-state index contributed by atoms with van der Waals surface area (Å²) in [5, 5.41) is 6.29. The molecule has 0 saturated carbocycles.